The third-order valence-corrected chi connectivity index (χ3v) is 20.8. The lowest BCUT2D eigenvalue weighted by Crippen LogP contribution is -2.81. The van der Waals surface area contributed by atoms with Crippen LogP contribution in [0.3, 0.4) is 0 Å². The highest BCUT2D eigenvalue weighted by Crippen LogP contribution is 2.67. The molecule has 4 saturated carbocycles. The summed E-state index contributed by atoms with van der Waals surface area (Å²) in [4.78, 5) is 94.3. The minimum Gasteiger partial charge on any atom is -0.461 e. The second kappa shape index (κ2) is 20.3. The number of esters is 5. The Balaban J connectivity index is 0.000000196. The number of benzene rings is 2. The summed E-state index contributed by atoms with van der Waals surface area (Å²) in [6.07, 6.45) is -9.37. The first-order chi connectivity index (χ1) is 37.6. The SMILES string of the molecule is CC(=O)O[C@@]12CO[C@@H]1C[C@H](O)[C@@]1(C)C(=O)[C@H](C)C3=C(C)[C@@H](O)C[C@@](O)([C@@H](OC(=O)c4ccccc4)C12)C3(C)C.CC(=O)O[C@H]1C[C@H]2OC[C@@]2(OC(C)=O)C2[C@H](OC(=O)c3ccccc3)[C@]3(O)C[C@H](O)C(C)=C([C@@H](C)C(=O)[C@@]21C)C3(C)C. The first kappa shape index (κ1) is 59.9. The molecule has 0 aromatic heterocycles. The minimum atomic E-state index is -1.95. The van der Waals surface area contributed by atoms with Crippen LogP contribution in [-0.4, -0.2) is 151 Å². The Kier molecular flexibility index (Phi) is 15.0. The number of fused-ring (bicyclic) bond motifs is 10. The quantitative estimate of drug-likeness (QED) is 0.134. The Bertz CT molecular complexity index is 2980. The van der Waals surface area contributed by atoms with Gasteiger partial charge in [-0.15, -0.1) is 0 Å². The summed E-state index contributed by atoms with van der Waals surface area (Å²) in [5.41, 5.74) is -9.64. The van der Waals surface area contributed by atoms with E-state index >= 15 is 0 Å². The molecular weight excluding hydrogens is 1050 g/mol. The first-order valence-electron chi connectivity index (χ1n) is 28.0. The van der Waals surface area contributed by atoms with E-state index in [1.54, 1.807) is 130 Å². The fraction of sp³-hybridized carbons (Fsp3) is 0.629. The van der Waals surface area contributed by atoms with Gasteiger partial charge in [0.05, 0.1) is 65.3 Å². The molecule has 19 nitrogen and oxygen atoms in total. The monoisotopic (exact) mass is 1130 g/mol. The number of hydrogen-bond acceptors (Lipinski definition) is 19. The van der Waals surface area contributed by atoms with Crippen LogP contribution in [0.15, 0.2) is 83.0 Å². The molecule has 19 heteroatoms. The van der Waals surface area contributed by atoms with Gasteiger partial charge >= 0.3 is 29.8 Å². The molecule has 0 amide bonds. The van der Waals surface area contributed by atoms with Gasteiger partial charge in [0.15, 0.2) is 11.2 Å². The van der Waals surface area contributed by atoms with E-state index in [4.69, 9.17) is 33.2 Å². The molecule has 0 spiro atoms. The average Bonchev–Trinajstić information content (AvgIpc) is 3.53. The van der Waals surface area contributed by atoms with Crippen LogP contribution >= 0.6 is 0 Å². The maximum absolute atomic E-state index is 14.9. The number of carbonyl (C=O) groups is 7. The lowest BCUT2D eigenvalue weighted by Gasteiger charge is -2.67. The molecular formula is C62H78O19. The van der Waals surface area contributed by atoms with E-state index in [0.717, 1.165) is 0 Å². The highest BCUT2D eigenvalue weighted by molar-refractivity contribution is 5.94. The van der Waals surface area contributed by atoms with Crippen molar-refractivity contribution in [3.63, 3.8) is 0 Å². The van der Waals surface area contributed by atoms with Crippen LogP contribution in [0.5, 0.6) is 0 Å². The number of aliphatic hydroxyl groups excluding tert-OH is 3. The second-order valence-corrected chi connectivity index (χ2v) is 25.6. The molecule has 4 bridgehead atoms. The van der Waals surface area contributed by atoms with Crippen LogP contribution in [0, 0.1) is 45.3 Å². The van der Waals surface area contributed by atoms with Gasteiger partial charge in [-0.1, -0.05) is 77.9 Å². The number of aliphatic hydroxyl groups is 5. The number of carbonyl (C=O) groups excluding carboxylic acids is 7. The zero-order valence-electron chi connectivity index (χ0n) is 48.4. The Morgan fingerprint density at radius 3 is 1.27 bits per heavy atom. The molecule has 18 atom stereocenters. The van der Waals surface area contributed by atoms with Gasteiger partial charge in [0.2, 0.25) is 0 Å². The number of ether oxygens (including phenoxy) is 7. The van der Waals surface area contributed by atoms with Gasteiger partial charge in [-0.25, -0.2) is 9.59 Å². The Morgan fingerprint density at radius 2 is 0.914 bits per heavy atom. The summed E-state index contributed by atoms with van der Waals surface area (Å²) in [6, 6.07) is 16.5. The first-order valence-corrected chi connectivity index (χ1v) is 28.0. The van der Waals surface area contributed by atoms with Crippen LogP contribution in [0.25, 0.3) is 0 Å². The maximum atomic E-state index is 14.9. The summed E-state index contributed by atoms with van der Waals surface area (Å²) < 4.78 is 41.9. The summed E-state index contributed by atoms with van der Waals surface area (Å²) in [6.45, 7) is 20.8. The normalized spacial score (nSPS) is 41.5. The Hall–Kier alpha value is -5.67. The van der Waals surface area contributed by atoms with Gasteiger partial charge in [0.25, 0.3) is 0 Å². The van der Waals surface area contributed by atoms with Crippen molar-refractivity contribution < 1.29 is 92.3 Å². The smallest absolute Gasteiger partial charge is 0.338 e. The van der Waals surface area contributed by atoms with Crippen molar-refractivity contribution >= 4 is 41.4 Å². The van der Waals surface area contributed by atoms with Crippen molar-refractivity contribution in [2.24, 2.45) is 45.3 Å². The highest BCUT2D eigenvalue weighted by atomic mass is 16.6. The molecule has 2 aliphatic heterocycles. The Morgan fingerprint density at radius 1 is 0.543 bits per heavy atom. The third-order valence-electron chi connectivity index (χ3n) is 20.8. The molecule has 8 aliphatic rings. The molecule has 2 saturated heterocycles. The van der Waals surface area contributed by atoms with E-state index < -0.39 is 146 Å². The van der Waals surface area contributed by atoms with Crippen molar-refractivity contribution in [2.75, 3.05) is 13.2 Å². The van der Waals surface area contributed by atoms with E-state index in [0.29, 0.717) is 22.3 Å². The number of ketones is 2. The molecule has 6 fully saturated rings. The molecule has 2 heterocycles. The van der Waals surface area contributed by atoms with E-state index in [-0.39, 0.29) is 61.6 Å². The summed E-state index contributed by atoms with van der Waals surface area (Å²) in [7, 11) is 0. The van der Waals surface area contributed by atoms with Crippen molar-refractivity contribution in [1.82, 2.24) is 0 Å². The van der Waals surface area contributed by atoms with Crippen LogP contribution in [-0.2, 0) is 57.1 Å². The summed E-state index contributed by atoms with van der Waals surface area (Å²) in [5, 5.41) is 59.7. The fourth-order valence-corrected chi connectivity index (χ4v) is 16.7. The van der Waals surface area contributed by atoms with Gasteiger partial charge in [-0.3, -0.25) is 24.0 Å². The minimum absolute atomic E-state index is 0.0283. The largest absolute Gasteiger partial charge is 0.461 e. The van der Waals surface area contributed by atoms with Crippen molar-refractivity contribution in [2.45, 2.75) is 187 Å². The average molecular weight is 1130 g/mol. The van der Waals surface area contributed by atoms with Crippen LogP contribution < -0.4 is 0 Å². The van der Waals surface area contributed by atoms with E-state index in [1.807, 2.05) is 0 Å². The van der Waals surface area contributed by atoms with Crippen molar-refractivity contribution in [1.29, 1.82) is 0 Å². The van der Waals surface area contributed by atoms with Gasteiger partial charge in [0, 0.05) is 69.1 Å². The predicted octanol–water partition coefficient (Wildman–Crippen LogP) is 5.28. The second-order valence-electron chi connectivity index (χ2n) is 25.6. The summed E-state index contributed by atoms with van der Waals surface area (Å²) >= 11 is 0. The van der Waals surface area contributed by atoms with E-state index in [2.05, 4.69) is 0 Å². The number of hydrogen-bond donors (Lipinski definition) is 5. The molecule has 81 heavy (non-hydrogen) atoms. The van der Waals surface area contributed by atoms with Gasteiger partial charge in [0.1, 0.15) is 53.3 Å². The molecule has 10 rings (SSSR count). The molecule has 440 valence electrons. The fourth-order valence-electron chi connectivity index (χ4n) is 16.7. The highest BCUT2D eigenvalue weighted by Gasteiger charge is 2.80. The number of rotatable bonds is 7. The molecule has 0 radical (unpaired) electrons. The lowest BCUT2D eigenvalue weighted by molar-refractivity contribution is -0.345. The molecule has 6 aliphatic carbocycles. The maximum Gasteiger partial charge on any atom is 0.338 e. The van der Waals surface area contributed by atoms with Gasteiger partial charge in [-0.05, 0) is 74.3 Å². The van der Waals surface area contributed by atoms with Gasteiger partial charge < -0.3 is 58.7 Å². The topological polar surface area (TPSA) is 285 Å². The summed E-state index contributed by atoms with van der Waals surface area (Å²) in [5.74, 6) is -8.06. The number of Topliss-reactive ketones (excluding diaryl/α,β-unsaturated/α-hetero) is 2. The lowest BCUT2D eigenvalue weighted by atomic mass is 9.43. The molecule has 2 aromatic rings. The van der Waals surface area contributed by atoms with Crippen LogP contribution in [0.4, 0.5) is 0 Å². The molecule has 2 unspecified atom stereocenters. The molecule has 5 N–H and O–H groups in total. The third kappa shape index (κ3) is 8.63. The zero-order chi connectivity index (χ0) is 59.7. The van der Waals surface area contributed by atoms with Crippen LogP contribution in [0.1, 0.15) is 136 Å². The predicted molar refractivity (Wildman–Crippen MR) is 286 cm³/mol. The zero-order valence-corrected chi connectivity index (χ0v) is 48.4. The molecule has 2 aromatic carbocycles. The van der Waals surface area contributed by atoms with Gasteiger partial charge in [-0.2, -0.15) is 0 Å². The Labute approximate surface area is 471 Å². The van der Waals surface area contributed by atoms with E-state index in [1.165, 1.54) is 20.8 Å². The standard InChI is InChI=1S/C32H40O10.C30H38O9/c1-16-21(35)14-32(38)27(41-28(37)20-11-9-8-10-12-20)25-30(7,26(36)17(2)24(16)29(32,5)6)22(40-18(3)33)13-23-31(25,15-39-23)42-19(4)34;1-15-19(32)13-30(36)25(38-26(35)18-10-8-7-9-11-18)23-28(6,24(34)16(2)22(15)27(30,4)5)20(33)12-21-29(23,14-37-21)39-17(3)31/h8-12,17,21-23,25,27,35,38H,13-15H2,1-7H3;7-11,16,19-21,23,25,32-33,36H,12-14H2,1-6H3/t17-,21+,22+,23-,25?,27+,30-,31+,32-;16-,19+,20+,21-,23?,25+,28-,29+,30-/m11/s1. The van der Waals surface area contributed by atoms with Crippen molar-refractivity contribution in [3.8, 4) is 0 Å². The van der Waals surface area contributed by atoms with E-state index in [9.17, 15) is 59.1 Å². The van der Waals surface area contributed by atoms with Crippen LogP contribution in [0.2, 0.25) is 0 Å². The van der Waals surface area contributed by atoms with Crippen molar-refractivity contribution in [3.05, 3.63) is 94.1 Å².